The van der Waals surface area contributed by atoms with Gasteiger partial charge in [0.1, 0.15) is 12.1 Å². The summed E-state index contributed by atoms with van der Waals surface area (Å²) in [6.07, 6.45) is 0. The molecule has 0 bridgehead atoms. The Morgan fingerprint density at radius 1 is 0.409 bits per heavy atom. The zero-order valence-corrected chi connectivity index (χ0v) is 23.7. The monoisotopic (exact) mass is 564 g/mol. The molecule has 6 aromatic carbocycles. The Kier molecular flexibility index (Phi) is 5.18. The Labute approximate surface area is 253 Å². The molecule has 0 unspecified atom stereocenters. The first-order valence-corrected chi connectivity index (χ1v) is 14.8. The first-order chi connectivity index (χ1) is 21.7. The number of fused-ring (bicyclic) bond motifs is 12. The highest BCUT2D eigenvalue weighted by atomic mass is 15.3. The highest BCUT2D eigenvalue weighted by molar-refractivity contribution is 6.12. The molecule has 2 aliphatic heterocycles. The Bertz CT molecular complexity index is 2150. The average molecular weight is 565 g/mol. The van der Waals surface area contributed by atoms with E-state index in [2.05, 4.69) is 119 Å². The predicted octanol–water partition coefficient (Wildman–Crippen LogP) is 7.87. The van der Waals surface area contributed by atoms with Crippen LogP contribution in [0.5, 0.6) is 0 Å². The van der Waals surface area contributed by atoms with Gasteiger partial charge in [-0.3, -0.25) is 0 Å². The van der Waals surface area contributed by atoms with Crippen LogP contribution in [-0.4, -0.2) is 9.97 Å². The third-order valence-corrected chi connectivity index (χ3v) is 9.38. The van der Waals surface area contributed by atoms with Crippen molar-refractivity contribution in [1.29, 1.82) is 10.5 Å². The van der Waals surface area contributed by atoms with E-state index in [0.29, 0.717) is 37.8 Å². The average Bonchev–Trinajstić information content (AvgIpc) is 3.74. The summed E-state index contributed by atoms with van der Waals surface area (Å²) in [5, 5.41) is 30.4. The second kappa shape index (κ2) is 9.26. The van der Waals surface area contributed by atoms with Crippen LogP contribution in [0.4, 0.5) is 11.6 Å². The van der Waals surface area contributed by atoms with E-state index in [1.165, 1.54) is 65.3 Å². The summed E-state index contributed by atoms with van der Waals surface area (Å²) in [6.45, 7) is 2.39. The number of nitrogens with zero attached hydrogens (tertiary/aromatic N) is 6. The van der Waals surface area contributed by atoms with Gasteiger partial charge in [-0.1, -0.05) is 97.1 Å². The van der Waals surface area contributed by atoms with Crippen LogP contribution >= 0.6 is 0 Å². The Morgan fingerprint density at radius 3 is 0.909 bits per heavy atom. The fraction of sp³-hybridized carbons (Fsp3) is 0.105. The van der Waals surface area contributed by atoms with Gasteiger partial charge >= 0.3 is 0 Å². The molecule has 7 aromatic rings. The predicted molar refractivity (Wildman–Crippen MR) is 174 cm³/mol. The lowest BCUT2D eigenvalue weighted by Gasteiger charge is -2.22. The van der Waals surface area contributed by atoms with Gasteiger partial charge in [0.05, 0.1) is 0 Å². The minimum atomic E-state index is 0.242. The van der Waals surface area contributed by atoms with Gasteiger partial charge in [-0.15, -0.1) is 0 Å². The third kappa shape index (κ3) is 3.40. The minimum absolute atomic E-state index is 0.242. The van der Waals surface area contributed by atoms with Crippen LogP contribution in [0.2, 0.25) is 0 Å². The largest absolute Gasteiger partial charge is 0.345 e. The van der Waals surface area contributed by atoms with E-state index in [9.17, 15) is 10.5 Å². The molecule has 0 aliphatic carbocycles. The van der Waals surface area contributed by atoms with E-state index in [1.54, 1.807) is 0 Å². The van der Waals surface area contributed by atoms with Crippen molar-refractivity contribution in [2.45, 2.75) is 26.2 Å². The quantitative estimate of drug-likeness (QED) is 0.199. The lowest BCUT2D eigenvalue weighted by atomic mass is 9.93. The van der Waals surface area contributed by atoms with Crippen LogP contribution in [0.3, 0.4) is 0 Å². The summed E-state index contributed by atoms with van der Waals surface area (Å²) in [6, 6.07) is 38.6. The molecule has 0 radical (unpaired) electrons. The molecule has 9 rings (SSSR count). The maximum atomic E-state index is 10.3. The summed E-state index contributed by atoms with van der Waals surface area (Å²) in [4.78, 5) is 13.9. The van der Waals surface area contributed by atoms with Crippen molar-refractivity contribution in [2.75, 3.05) is 9.80 Å². The summed E-state index contributed by atoms with van der Waals surface area (Å²) in [5.74, 6) is 0.926. The van der Waals surface area contributed by atoms with Crippen molar-refractivity contribution in [2.24, 2.45) is 0 Å². The van der Waals surface area contributed by atoms with Crippen LogP contribution in [0.15, 0.2) is 97.1 Å². The molecule has 0 amide bonds. The first-order valence-electron chi connectivity index (χ1n) is 14.8. The summed E-state index contributed by atoms with van der Waals surface area (Å²) >= 11 is 0. The zero-order chi connectivity index (χ0) is 29.4. The number of hydrogen-bond acceptors (Lipinski definition) is 6. The van der Waals surface area contributed by atoms with E-state index in [4.69, 9.17) is 9.97 Å². The van der Waals surface area contributed by atoms with Gasteiger partial charge in [0, 0.05) is 26.2 Å². The summed E-state index contributed by atoms with van der Waals surface area (Å²) < 4.78 is 0. The highest BCUT2D eigenvalue weighted by Crippen LogP contribution is 2.42. The molecular weight excluding hydrogens is 540 g/mol. The van der Waals surface area contributed by atoms with Gasteiger partial charge in [-0.25, -0.2) is 9.97 Å². The molecule has 0 atom stereocenters. The van der Waals surface area contributed by atoms with Gasteiger partial charge < -0.3 is 9.80 Å². The molecule has 6 nitrogen and oxygen atoms in total. The highest BCUT2D eigenvalue weighted by Gasteiger charge is 2.31. The molecule has 44 heavy (non-hydrogen) atoms. The standard InChI is InChI=1S/C38H24N6/c39-17-35-37(43-19-31-27-13-5-1-9-23(27)24-10-2-6-14-28(24)32(31)20-43)41-36(18-40)38(42-35)44-21-33-29-15-7-3-11-25(29)26-12-4-8-16-30(26)34(33)22-44/h1-16H,19-22H2. The molecule has 0 saturated carbocycles. The topological polar surface area (TPSA) is 79.8 Å². The molecule has 0 N–H and O–H groups in total. The molecule has 6 heteroatoms. The molecule has 206 valence electrons. The smallest absolute Gasteiger partial charge is 0.185 e. The van der Waals surface area contributed by atoms with Crippen molar-refractivity contribution < 1.29 is 0 Å². The van der Waals surface area contributed by atoms with E-state index in [-0.39, 0.29) is 11.4 Å². The molecular formula is C38H24N6. The number of anilines is 2. The number of aromatic nitrogens is 2. The van der Waals surface area contributed by atoms with Gasteiger partial charge in [0.15, 0.2) is 23.0 Å². The molecule has 1 aromatic heterocycles. The molecule has 3 heterocycles. The van der Waals surface area contributed by atoms with Gasteiger partial charge in [0.25, 0.3) is 0 Å². The van der Waals surface area contributed by atoms with E-state index in [1.807, 2.05) is 0 Å². The minimum Gasteiger partial charge on any atom is -0.345 e. The SMILES string of the molecule is N#Cc1nc(N2Cc3c(c4ccccc4c4ccccc34)C2)c(C#N)nc1N1Cc2c(c3ccccc3c3ccccc23)C1. The molecule has 0 fully saturated rings. The van der Waals surface area contributed by atoms with E-state index in [0.717, 1.165) is 0 Å². The fourth-order valence-electron chi connectivity index (χ4n) is 7.48. The van der Waals surface area contributed by atoms with Gasteiger partial charge in [0.2, 0.25) is 0 Å². The van der Waals surface area contributed by atoms with Crippen molar-refractivity contribution in [3.63, 3.8) is 0 Å². The van der Waals surface area contributed by atoms with E-state index >= 15 is 0 Å². The maximum Gasteiger partial charge on any atom is 0.185 e. The lowest BCUT2D eigenvalue weighted by molar-refractivity contribution is 0.818. The number of benzene rings is 6. The lowest BCUT2D eigenvalue weighted by Crippen LogP contribution is -2.23. The van der Waals surface area contributed by atoms with Crippen molar-refractivity contribution in [3.05, 3.63) is 131 Å². The van der Waals surface area contributed by atoms with Crippen molar-refractivity contribution >= 4 is 54.7 Å². The normalized spacial score (nSPS) is 13.9. The van der Waals surface area contributed by atoms with Crippen LogP contribution in [0, 0.1) is 22.7 Å². The number of nitriles is 2. The fourth-order valence-corrected chi connectivity index (χ4v) is 7.48. The number of hydrogen-bond donors (Lipinski definition) is 0. The molecule has 2 aliphatic rings. The van der Waals surface area contributed by atoms with Gasteiger partial charge in [-0.2, -0.15) is 10.5 Å². The van der Waals surface area contributed by atoms with E-state index < -0.39 is 0 Å². The second-order valence-corrected chi connectivity index (χ2v) is 11.6. The van der Waals surface area contributed by atoms with Crippen LogP contribution in [0.25, 0.3) is 43.1 Å². The van der Waals surface area contributed by atoms with Crippen LogP contribution in [-0.2, 0) is 26.2 Å². The third-order valence-electron chi connectivity index (χ3n) is 9.38. The zero-order valence-electron chi connectivity index (χ0n) is 23.7. The molecule has 0 saturated heterocycles. The Morgan fingerprint density at radius 2 is 0.659 bits per heavy atom. The van der Waals surface area contributed by atoms with Crippen LogP contribution < -0.4 is 9.80 Å². The number of rotatable bonds is 2. The van der Waals surface area contributed by atoms with Gasteiger partial charge in [-0.05, 0) is 65.3 Å². The first kappa shape index (κ1) is 24.6. The Hall–Kier alpha value is -5.98. The summed E-state index contributed by atoms with van der Waals surface area (Å²) in [7, 11) is 0. The van der Waals surface area contributed by atoms with Crippen molar-refractivity contribution in [3.8, 4) is 12.1 Å². The van der Waals surface area contributed by atoms with Crippen molar-refractivity contribution in [1.82, 2.24) is 9.97 Å². The maximum absolute atomic E-state index is 10.3. The molecule has 0 spiro atoms. The Balaban J connectivity index is 1.15. The second-order valence-electron chi connectivity index (χ2n) is 11.6. The summed E-state index contributed by atoms with van der Waals surface area (Å²) in [5.41, 5.74) is 5.43. The van der Waals surface area contributed by atoms with Crippen LogP contribution in [0.1, 0.15) is 33.6 Å².